The number of rotatable bonds is 6. The highest BCUT2D eigenvalue weighted by molar-refractivity contribution is 7.11. The van der Waals surface area contributed by atoms with Crippen LogP contribution in [-0.4, -0.2) is 11.9 Å². The lowest BCUT2D eigenvalue weighted by molar-refractivity contribution is -0.130. The number of hydrogen-bond acceptors (Lipinski definition) is 4. The van der Waals surface area contributed by atoms with E-state index in [0.717, 1.165) is 5.56 Å². The summed E-state index contributed by atoms with van der Waals surface area (Å²) in [7, 11) is 0. The Bertz CT molecular complexity index is 881. The Hall–Kier alpha value is -2.99. The lowest BCUT2D eigenvalue weighted by atomic mass is 10.1. The maximum Gasteiger partial charge on any atom is 0.349 e. The van der Waals surface area contributed by atoms with Crippen molar-refractivity contribution >= 4 is 23.2 Å². The van der Waals surface area contributed by atoms with Gasteiger partial charge in [0.05, 0.1) is 0 Å². The molecule has 0 bridgehead atoms. The lowest BCUT2D eigenvalue weighted by Crippen LogP contribution is -2.32. The van der Waals surface area contributed by atoms with Gasteiger partial charge in [0.2, 0.25) is 6.10 Å². The monoisotopic (exact) mass is 369 g/mol. The summed E-state index contributed by atoms with van der Waals surface area (Å²) in [6.07, 6.45) is -1.37. The third-order valence-electron chi connectivity index (χ3n) is 3.68. The molecule has 3 aromatic rings. The van der Waals surface area contributed by atoms with Crippen LogP contribution in [-0.2, 0) is 16.1 Å². The highest BCUT2D eigenvalue weighted by Gasteiger charge is 2.28. The molecule has 1 heterocycles. The minimum atomic E-state index is -1.37. The Balaban J connectivity index is 1.79. The van der Waals surface area contributed by atoms with Crippen LogP contribution in [0, 0.1) is 5.82 Å². The van der Waals surface area contributed by atoms with Gasteiger partial charge in [-0.1, -0.05) is 54.6 Å². The van der Waals surface area contributed by atoms with Crippen LogP contribution in [0.4, 0.5) is 4.39 Å². The topological polar surface area (TPSA) is 55.4 Å². The van der Waals surface area contributed by atoms with Crippen molar-refractivity contribution in [2.75, 3.05) is 0 Å². The second-order valence-electron chi connectivity index (χ2n) is 5.49. The number of esters is 1. The van der Waals surface area contributed by atoms with Crippen molar-refractivity contribution in [1.82, 2.24) is 5.32 Å². The summed E-state index contributed by atoms with van der Waals surface area (Å²) in [5, 5.41) is 4.42. The van der Waals surface area contributed by atoms with Crippen molar-refractivity contribution in [3.05, 3.63) is 93.9 Å². The van der Waals surface area contributed by atoms with Crippen molar-refractivity contribution in [2.45, 2.75) is 12.6 Å². The third kappa shape index (κ3) is 4.34. The smallest absolute Gasteiger partial charge is 0.349 e. The molecule has 0 saturated carbocycles. The fourth-order valence-corrected chi connectivity index (χ4v) is 2.99. The first-order valence-corrected chi connectivity index (χ1v) is 8.83. The van der Waals surface area contributed by atoms with Crippen LogP contribution < -0.4 is 5.32 Å². The molecule has 1 atom stereocenters. The summed E-state index contributed by atoms with van der Waals surface area (Å²) >= 11 is 1.19. The van der Waals surface area contributed by atoms with Crippen molar-refractivity contribution in [2.24, 2.45) is 0 Å². The van der Waals surface area contributed by atoms with Crippen LogP contribution in [0.1, 0.15) is 26.9 Å². The van der Waals surface area contributed by atoms with Gasteiger partial charge < -0.3 is 10.1 Å². The number of ether oxygens (including phenoxy) is 1. The molecule has 2 aromatic carbocycles. The number of benzene rings is 2. The van der Waals surface area contributed by atoms with E-state index in [1.165, 1.54) is 29.5 Å². The highest BCUT2D eigenvalue weighted by atomic mass is 32.1. The summed E-state index contributed by atoms with van der Waals surface area (Å²) in [4.78, 5) is 25.2. The van der Waals surface area contributed by atoms with E-state index in [1.807, 2.05) is 30.3 Å². The van der Waals surface area contributed by atoms with Gasteiger partial charge in [-0.05, 0) is 23.1 Å². The van der Waals surface area contributed by atoms with E-state index in [9.17, 15) is 14.0 Å². The molecule has 0 unspecified atom stereocenters. The van der Waals surface area contributed by atoms with Crippen LogP contribution in [0.3, 0.4) is 0 Å². The standard InChI is InChI=1S/C20H16FNO3S/c21-16-10-5-4-9-15(16)18(25-20(24)17-11-6-12-26-17)19(23)22-13-14-7-2-1-3-8-14/h1-12,18H,13H2,(H,22,23)/t18-/m1/s1. The molecule has 26 heavy (non-hydrogen) atoms. The maximum absolute atomic E-state index is 14.2. The third-order valence-corrected chi connectivity index (χ3v) is 4.53. The van der Waals surface area contributed by atoms with Crippen molar-refractivity contribution < 1.29 is 18.7 Å². The molecule has 6 heteroatoms. The zero-order valence-corrected chi connectivity index (χ0v) is 14.5. The first kappa shape index (κ1) is 17.8. The van der Waals surface area contributed by atoms with E-state index in [4.69, 9.17) is 4.74 Å². The second-order valence-corrected chi connectivity index (χ2v) is 6.44. The number of halogens is 1. The van der Waals surface area contributed by atoms with Gasteiger partial charge in [-0.3, -0.25) is 4.79 Å². The summed E-state index contributed by atoms with van der Waals surface area (Å²) in [5.41, 5.74) is 0.903. The highest BCUT2D eigenvalue weighted by Crippen LogP contribution is 2.23. The van der Waals surface area contributed by atoms with Crippen LogP contribution in [0.2, 0.25) is 0 Å². The van der Waals surface area contributed by atoms with E-state index in [0.29, 0.717) is 4.88 Å². The molecule has 0 saturated heterocycles. The molecule has 0 aliphatic heterocycles. The molecule has 0 aliphatic rings. The average molecular weight is 369 g/mol. The van der Waals surface area contributed by atoms with Crippen LogP contribution in [0.15, 0.2) is 72.1 Å². The van der Waals surface area contributed by atoms with Crippen molar-refractivity contribution in [3.8, 4) is 0 Å². The average Bonchev–Trinajstić information content (AvgIpc) is 3.20. The summed E-state index contributed by atoms with van der Waals surface area (Å²) in [6.45, 7) is 0.251. The van der Waals surface area contributed by atoms with Gasteiger partial charge in [0.25, 0.3) is 5.91 Å². The van der Waals surface area contributed by atoms with Crippen LogP contribution >= 0.6 is 11.3 Å². The summed E-state index contributed by atoms with van der Waals surface area (Å²) < 4.78 is 19.5. The molecular weight excluding hydrogens is 353 g/mol. The van der Waals surface area contributed by atoms with E-state index >= 15 is 0 Å². The first-order valence-electron chi connectivity index (χ1n) is 7.95. The molecule has 1 aromatic heterocycles. The molecule has 3 rings (SSSR count). The fourth-order valence-electron chi connectivity index (χ4n) is 2.38. The molecule has 1 amide bonds. The molecule has 0 radical (unpaired) electrons. The fraction of sp³-hybridized carbons (Fsp3) is 0.100. The van der Waals surface area contributed by atoms with Gasteiger partial charge in [-0.15, -0.1) is 11.3 Å². The quantitative estimate of drug-likeness (QED) is 0.666. The van der Waals surface area contributed by atoms with Gasteiger partial charge in [0, 0.05) is 12.1 Å². The zero-order valence-electron chi connectivity index (χ0n) is 13.7. The number of carbonyl (C=O) groups excluding carboxylic acids is 2. The number of thiophene rings is 1. The van der Waals surface area contributed by atoms with E-state index in [1.54, 1.807) is 23.6 Å². The maximum atomic E-state index is 14.2. The minimum absolute atomic E-state index is 0.0166. The van der Waals surface area contributed by atoms with Gasteiger partial charge in [-0.25, -0.2) is 9.18 Å². The zero-order chi connectivity index (χ0) is 18.4. The SMILES string of the molecule is O=C(O[C@@H](C(=O)NCc1ccccc1)c1ccccc1F)c1cccs1. The second kappa shape index (κ2) is 8.40. The van der Waals surface area contributed by atoms with Gasteiger partial charge in [0.15, 0.2) is 0 Å². The summed E-state index contributed by atoms with van der Waals surface area (Å²) in [6, 6.07) is 18.4. The van der Waals surface area contributed by atoms with Crippen LogP contribution in [0.5, 0.6) is 0 Å². The van der Waals surface area contributed by atoms with E-state index in [-0.39, 0.29) is 12.1 Å². The van der Waals surface area contributed by atoms with Gasteiger partial charge in [0.1, 0.15) is 10.7 Å². The number of nitrogens with one attached hydrogen (secondary N) is 1. The van der Waals surface area contributed by atoms with Crippen LogP contribution in [0.25, 0.3) is 0 Å². The number of carbonyl (C=O) groups is 2. The molecule has 132 valence electrons. The lowest BCUT2D eigenvalue weighted by Gasteiger charge is -2.18. The van der Waals surface area contributed by atoms with Crippen molar-refractivity contribution in [1.29, 1.82) is 0 Å². The number of hydrogen-bond donors (Lipinski definition) is 1. The summed E-state index contributed by atoms with van der Waals surface area (Å²) in [5.74, 6) is -1.85. The largest absolute Gasteiger partial charge is 0.443 e. The molecule has 0 spiro atoms. The molecule has 0 fully saturated rings. The minimum Gasteiger partial charge on any atom is -0.443 e. The number of amides is 1. The molecule has 4 nitrogen and oxygen atoms in total. The molecule has 1 N–H and O–H groups in total. The van der Waals surface area contributed by atoms with Gasteiger partial charge in [-0.2, -0.15) is 0 Å². The van der Waals surface area contributed by atoms with Gasteiger partial charge >= 0.3 is 5.97 Å². The normalized spacial score (nSPS) is 11.6. The Morgan fingerprint density at radius 1 is 1.00 bits per heavy atom. The van der Waals surface area contributed by atoms with E-state index < -0.39 is 23.8 Å². The van der Waals surface area contributed by atoms with E-state index in [2.05, 4.69) is 5.32 Å². The predicted molar refractivity (Wildman–Crippen MR) is 97.2 cm³/mol. The Morgan fingerprint density at radius 2 is 1.73 bits per heavy atom. The molecular formula is C20H16FNO3S. The first-order chi connectivity index (χ1) is 12.6. The Morgan fingerprint density at radius 3 is 2.42 bits per heavy atom. The molecule has 0 aliphatic carbocycles. The van der Waals surface area contributed by atoms with Crippen molar-refractivity contribution in [3.63, 3.8) is 0 Å². The Kier molecular flexibility index (Phi) is 5.76. The Labute approximate surface area is 154 Å². The predicted octanol–water partition coefficient (Wildman–Crippen LogP) is 4.10.